The number of pyridine rings is 2. The molecule has 150 valence electrons. The van der Waals surface area contributed by atoms with Crippen LogP contribution in [-0.4, -0.2) is 30.9 Å². The minimum atomic E-state index is 0.474. The Morgan fingerprint density at radius 2 is 1.84 bits per heavy atom. The Balaban J connectivity index is 1.65. The van der Waals surface area contributed by atoms with Gasteiger partial charge in [0.2, 0.25) is 0 Å². The monoisotopic (exact) mass is 406 g/mol. The molecule has 5 rings (SSSR count). The maximum absolute atomic E-state index is 11.2. The summed E-state index contributed by atoms with van der Waals surface area (Å²) in [5, 5.41) is 8.09. The molecule has 0 bridgehead atoms. The van der Waals surface area contributed by atoms with E-state index in [2.05, 4.69) is 32.5 Å². The van der Waals surface area contributed by atoms with Gasteiger partial charge in [-0.1, -0.05) is 36.4 Å². The summed E-state index contributed by atoms with van der Waals surface area (Å²) in [7, 11) is 0. The van der Waals surface area contributed by atoms with Crippen molar-refractivity contribution in [3.8, 4) is 22.5 Å². The van der Waals surface area contributed by atoms with Crippen molar-refractivity contribution in [3.63, 3.8) is 0 Å². The number of anilines is 1. The Labute approximate surface area is 178 Å². The molecule has 0 aliphatic rings. The highest BCUT2D eigenvalue weighted by molar-refractivity contribution is 5.89. The molecule has 7 nitrogen and oxygen atoms in total. The van der Waals surface area contributed by atoms with Crippen LogP contribution < -0.4 is 5.32 Å². The van der Waals surface area contributed by atoms with E-state index in [1.165, 1.54) is 6.20 Å². The molecular formula is C24H18N6O. The summed E-state index contributed by atoms with van der Waals surface area (Å²) in [6, 6.07) is 19.7. The molecular weight excluding hydrogens is 388 g/mol. The van der Waals surface area contributed by atoms with E-state index in [1.54, 1.807) is 23.0 Å². The highest BCUT2D eigenvalue weighted by Crippen LogP contribution is 2.31. The van der Waals surface area contributed by atoms with Crippen LogP contribution in [0.25, 0.3) is 28.0 Å². The molecule has 0 radical (unpaired) electrons. The van der Waals surface area contributed by atoms with Gasteiger partial charge in [-0.05, 0) is 29.8 Å². The summed E-state index contributed by atoms with van der Waals surface area (Å²) in [6.07, 6.45) is 7.60. The summed E-state index contributed by atoms with van der Waals surface area (Å²) >= 11 is 0. The molecule has 0 unspecified atom stereocenters. The molecule has 1 N–H and O–H groups in total. The van der Waals surface area contributed by atoms with Gasteiger partial charge in [-0.2, -0.15) is 0 Å². The van der Waals surface area contributed by atoms with Gasteiger partial charge < -0.3 is 5.32 Å². The highest BCUT2D eigenvalue weighted by Gasteiger charge is 2.15. The van der Waals surface area contributed by atoms with E-state index >= 15 is 0 Å². The van der Waals surface area contributed by atoms with Gasteiger partial charge in [0.05, 0.1) is 12.2 Å². The molecule has 0 fully saturated rings. The Bertz CT molecular complexity index is 1350. The second-order valence-corrected chi connectivity index (χ2v) is 6.97. The maximum atomic E-state index is 11.2. The predicted molar refractivity (Wildman–Crippen MR) is 119 cm³/mol. The molecule has 0 amide bonds. The van der Waals surface area contributed by atoms with E-state index in [4.69, 9.17) is 4.98 Å². The molecule has 1 aromatic carbocycles. The fourth-order valence-corrected chi connectivity index (χ4v) is 3.44. The summed E-state index contributed by atoms with van der Waals surface area (Å²) in [5.41, 5.74) is 5.01. The zero-order valence-corrected chi connectivity index (χ0v) is 16.5. The number of nitrogens with zero attached hydrogens (tertiary/aromatic N) is 5. The van der Waals surface area contributed by atoms with Crippen LogP contribution in [-0.2, 0) is 6.54 Å². The number of hydrogen-bond acceptors (Lipinski definition) is 6. The van der Waals surface area contributed by atoms with Gasteiger partial charge in [0.1, 0.15) is 5.52 Å². The van der Waals surface area contributed by atoms with Crippen LogP contribution in [0.3, 0.4) is 0 Å². The van der Waals surface area contributed by atoms with Crippen LogP contribution in [0, 0.1) is 0 Å². The molecule has 0 atom stereocenters. The number of nitrogens with one attached hydrogen (secondary N) is 1. The lowest BCUT2D eigenvalue weighted by Crippen LogP contribution is -2.08. The Morgan fingerprint density at radius 1 is 0.968 bits per heavy atom. The van der Waals surface area contributed by atoms with Gasteiger partial charge in [0.15, 0.2) is 17.9 Å². The number of aldehydes is 1. The first-order valence-corrected chi connectivity index (χ1v) is 9.81. The lowest BCUT2D eigenvalue weighted by atomic mass is 10.1. The van der Waals surface area contributed by atoms with E-state index in [0.717, 1.165) is 28.6 Å². The molecule has 0 aliphatic carbocycles. The Hall–Kier alpha value is -4.39. The zero-order chi connectivity index (χ0) is 21.0. The molecule has 0 aliphatic heterocycles. The standard InChI is InChI=1S/C24H18N6O/c31-16-17-12-19(14-25-13-17)23-28-24(27-15-20-8-4-5-10-26-20)22-21(9-11-30(22)29-23)18-6-2-1-3-7-18/h1-14,16H,15H2,(H,27,28,29). The number of rotatable bonds is 6. The SMILES string of the molecule is O=Cc1cncc(-c2nc(NCc3ccccn3)c3c(-c4ccccc4)ccn3n2)c1. The van der Waals surface area contributed by atoms with Crippen molar-refractivity contribution in [1.82, 2.24) is 24.6 Å². The van der Waals surface area contributed by atoms with Crippen LogP contribution in [0.2, 0.25) is 0 Å². The van der Waals surface area contributed by atoms with E-state index < -0.39 is 0 Å². The van der Waals surface area contributed by atoms with E-state index in [9.17, 15) is 4.79 Å². The number of fused-ring (bicyclic) bond motifs is 1. The van der Waals surface area contributed by atoms with Gasteiger partial charge in [-0.3, -0.25) is 14.8 Å². The smallest absolute Gasteiger partial charge is 0.183 e. The first-order valence-electron chi connectivity index (χ1n) is 9.81. The van der Waals surface area contributed by atoms with Crippen molar-refractivity contribution in [3.05, 3.63) is 96.7 Å². The van der Waals surface area contributed by atoms with E-state index in [-0.39, 0.29) is 0 Å². The van der Waals surface area contributed by atoms with Crippen LogP contribution in [0.1, 0.15) is 16.1 Å². The molecule has 4 heterocycles. The van der Waals surface area contributed by atoms with Crippen LogP contribution >= 0.6 is 0 Å². The Kier molecular flexibility index (Phi) is 4.90. The average molecular weight is 406 g/mol. The van der Waals surface area contributed by atoms with Crippen molar-refractivity contribution in [2.45, 2.75) is 6.54 Å². The minimum absolute atomic E-state index is 0.474. The fourth-order valence-electron chi connectivity index (χ4n) is 3.44. The molecule has 4 aromatic heterocycles. The molecule has 7 heteroatoms. The summed E-state index contributed by atoms with van der Waals surface area (Å²) in [6.45, 7) is 0.513. The van der Waals surface area contributed by atoms with E-state index in [1.807, 2.05) is 48.7 Å². The largest absolute Gasteiger partial charge is 0.363 e. The molecule has 31 heavy (non-hydrogen) atoms. The van der Waals surface area contributed by atoms with Gasteiger partial charge in [0.25, 0.3) is 0 Å². The van der Waals surface area contributed by atoms with Crippen molar-refractivity contribution >= 4 is 17.6 Å². The first kappa shape index (κ1) is 18.6. The van der Waals surface area contributed by atoms with Crippen molar-refractivity contribution in [2.24, 2.45) is 0 Å². The molecule has 0 saturated carbocycles. The topological polar surface area (TPSA) is 85.1 Å². The Morgan fingerprint density at radius 3 is 2.65 bits per heavy atom. The third kappa shape index (κ3) is 3.76. The lowest BCUT2D eigenvalue weighted by molar-refractivity contribution is 0.112. The molecule has 0 saturated heterocycles. The van der Waals surface area contributed by atoms with Crippen LogP contribution in [0.4, 0.5) is 5.82 Å². The van der Waals surface area contributed by atoms with Crippen LogP contribution in [0.5, 0.6) is 0 Å². The van der Waals surface area contributed by atoms with Gasteiger partial charge in [-0.25, -0.2) is 9.50 Å². The summed E-state index contributed by atoms with van der Waals surface area (Å²) in [4.78, 5) is 24.5. The predicted octanol–water partition coefficient (Wildman–Crippen LogP) is 4.28. The normalized spacial score (nSPS) is 10.8. The number of benzene rings is 1. The lowest BCUT2D eigenvalue weighted by Gasteiger charge is -2.11. The molecule has 5 aromatic rings. The minimum Gasteiger partial charge on any atom is -0.363 e. The first-order chi connectivity index (χ1) is 15.3. The van der Waals surface area contributed by atoms with Crippen molar-refractivity contribution in [2.75, 3.05) is 5.32 Å². The van der Waals surface area contributed by atoms with Gasteiger partial charge in [-0.15, -0.1) is 5.10 Å². The molecule has 0 spiro atoms. The second kappa shape index (κ2) is 8.16. The van der Waals surface area contributed by atoms with E-state index in [0.29, 0.717) is 29.3 Å². The highest BCUT2D eigenvalue weighted by atomic mass is 16.1. The fraction of sp³-hybridized carbons (Fsp3) is 0.0417. The van der Waals surface area contributed by atoms with Crippen molar-refractivity contribution in [1.29, 1.82) is 0 Å². The average Bonchev–Trinajstić information content (AvgIpc) is 3.28. The second-order valence-electron chi connectivity index (χ2n) is 6.97. The van der Waals surface area contributed by atoms with Gasteiger partial charge >= 0.3 is 0 Å². The number of carbonyl (C=O) groups is 1. The third-order valence-corrected chi connectivity index (χ3v) is 4.91. The van der Waals surface area contributed by atoms with Gasteiger partial charge in [0, 0.05) is 41.5 Å². The maximum Gasteiger partial charge on any atom is 0.183 e. The van der Waals surface area contributed by atoms with Crippen molar-refractivity contribution < 1.29 is 4.79 Å². The number of aromatic nitrogens is 5. The summed E-state index contributed by atoms with van der Waals surface area (Å²) < 4.78 is 1.80. The summed E-state index contributed by atoms with van der Waals surface area (Å²) in [5.74, 6) is 1.15. The number of hydrogen-bond donors (Lipinski definition) is 1. The van der Waals surface area contributed by atoms with Crippen LogP contribution in [0.15, 0.2) is 85.5 Å². The quantitative estimate of drug-likeness (QED) is 0.424. The third-order valence-electron chi connectivity index (χ3n) is 4.91. The number of carbonyl (C=O) groups excluding carboxylic acids is 1. The zero-order valence-electron chi connectivity index (χ0n) is 16.5.